The van der Waals surface area contributed by atoms with Crippen molar-refractivity contribution < 1.29 is 13.2 Å². The Balaban J connectivity index is 1.60. The second-order valence-corrected chi connectivity index (χ2v) is 11.7. The van der Waals surface area contributed by atoms with Crippen molar-refractivity contribution in [1.82, 2.24) is 5.32 Å². The van der Waals surface area contributed by atoms with E-state index < -0.39 is 22.5 Å². The molecular weight excluding hydrogens is 503 g/mol. The lowest BCUT2D eigenvalue weighted by molar-refractivity contribution is -0.120. The molecule has 184 valence electrons. The van der Waals surface area contributed by atoms with Gasteiger partial charge in [0.05, 0.1) is 16.6 Å². The van der Waals surface area contributed by atoms with Crippen LogP contribution in [-0.2, 0) is 27.7 Å². The van der Waals surface area contributed by atoms with Crippen molar-refractivity contribution >= 4 is 44.8 Å². The molecule has 1 atom stereocenters. The molecule has 0 unspecified atom stereocenters. The van der Waals surface area contributed by atoms with Crippen LogP contribution in [0.15, 0.2) is 65.6 Å². The van der Waals surface area contributed by atoms with Crippen LogP contribution in [0.5, 0.6) is 0 Å². The summed E-state index contributed by atoms with van der Waals surface area (Å²) >= 11 is 12.3. The third-order valence-corrected chi connectivity index (χ3v) is 8.51. The molecular formula is C27H28Cl2N2O3S. The van der Waals surface area contributed by atoms with E-state index in [0.29, 0.717) is 0 Å². The number of carbonyl (C=O) groups is 1. The van der Waals surface area contributed by atoms with E-state index in [1.54, 1.807) is 12.1 Å². The monoisotopic (exact) mass is 530 g/mol. The number of fused-ring (bicyclic) bond motifs is 1. The Morgan fingerprint density at radius 1 is 0.943 bits per heavy atom. The first-order chi connectivity index (χ1) is 16.6. The third-order valence-electron chi connectivity index (χ3n) is 6.28. The number of benzene rings is 3. The lowest BCUT2D eigenvalue weighted by atomic mass is 9.89. The standard InChI is InChI=1S/C27H28Cl2N2O3S/c1-18-7-11-26(12-8-18)35(33,34)31(25-15-23(28)14-24(29)16-25)17-27(32)30-19(2)21-10-9-20-5-3-4-6-22(20)13-21/h7-16,19H,3-6,17H2,1-2H3,(H,30,32)/t19-/m1/s1. The van der Waals surface area contributed by atoms with Gasteiger partial charge < -0.3 is 5.32 Å². The second kappa shape index (κ2) is 10.6. The van der Waals surface area contributed by atoms with Crippen LogP contribution < -0.4 is 9.62 Å². The molecule has 3 aromatic rings. The third kappa shape index (κ3) is 6.00. The van der Waals surface area contributed by atoms with Crippen LogP contribution in [0.4, 0.5) is 5.69 Å². The SMILES string of the molecule is Cc1ccc(S(=O)(=O)N(CC(=O)N[C@H](C)c2ccc3c(c2)CCCC3)c2cc(Cl)cc(Cl)c2)cc1. The van der Waals surface area contributed by atoms with Gasteiger partial charge in [-0.15, -0.1) is 0 Å². The van der Waals surface area contributed by atoms with Crippen LogP contribution in [-0.4, -0.2) is 20.9 Å². The molecule has 0 bridgehead atoms. The van der Waals surface area contributed by atoms with Gasteiger partial charge in [-0.3, -0.25) is 9.10 Å². The molecule has 35 heavy (non-hydrogen) atoms. The number of anilines is 1. The number of aryl methyl sites for hydroxylation is 3. The summed E-state index contributed by atoms with van der Waals surface area (Å²) in [4.78, 5) is 13.2. The molecule has 5 nitrogen and oxygen atoms in total. The Labute approximate surface area is 217 Å². The molecule has 8 heteroatoms. The highest BCUT2D eigenvalue weighted by molar-refractivity contribution is 7.92. The van der Waals surface area contributed by atoms with Crippen molar-refractivity contribution in [3.8, 4) is 0 Å². The Bertz CT molecular complexity index is 1320. The van der Waals surface area contributed by atoms with Crippen LogP contribution in [0.25, 0.3) is 0 Å². The minimum absolute atomic E-state index is 0.0785. The lowest BCUT2D eigenvalue weighted by Gasteiger charge is -2.26. The first-order valence-corrected chi connectivity index (χ1v) is 13.8. The van der Waals surface area contributed by atoms with E-state index in [1.165, 1.54) is 54.3 Å². The van der Waals surface area contributed by atoms with Crippen molar-refractivity contribution in [3.63, 3.8) is 0 Å². The molecule has 1 aliphatic carbocycles. The van der Waals surface area contributed by atoms with Crippen molar-refractivity contribution in [1.29, 1.82) is 0 Å². The van der Waals surface area contributed by atoms with E-state index in [2.05, 4.69) is 17.4 Å². The average molecular weight is 532 g/mol. The average Bonchev–Trinajstić information content (AvgIpc) is 2.81. The number of carbonyl (C=O) groups excluding carboxylic acids is 1. The Morgan fingerprint density at radius 3 is 2.23 bits per heavy atom. The smallest absolute Gasteiger partial charge is 0.264 e. The zero-order chi connectivity index (χ0) is 25.2. The fraction of sp³-hybridized carbons (Fsp3) is 0.296. The predicted molar refractivity (Wildman–Crippen MR) is 142 cm³/mol. The second-order valence-electron chi connectivity index (χ2n) is 8.98. The van der Waals surface area contributed by atoms with Crippen molar-refractivity contribution in [3.05, 3.63) is 93.0 Å². The van der Waals surface area contributed by atoms with Gasteiger partial charge in [0, 0.05) is 10.0 Å². The summed E-state index contributed by atoms with van der Waals surface area (Å²) in [6.45, 7) is 3.36. The Kier molecular flexibility index (Phi) is 7.74. The van der Waals surface area contributed by atoms with E-state index in [0.717, 1.165) is 28.3 Å². The topological polar surface area (TPSA) is 66.5 Å². The number of hydrogen-bond donors (Lipinski definition) is 1. The lowest BCUT2D eigenvalue weighted by Crippen LogP contribution is -2.41. The summed E-state index contributed by atoms with van der Waals surface area (Å²) in [5.74, 6) is -0.429. The summed E-state index contributed by atoms with van der Waals surface area (Å²) < 4.78 is 28.2. The van der Waals surface area contributed by atoms with Gasteiger partial charge in [-0.25, -0.2) is 8.42 Å². The van der Waals surface area contributed by atoms with Crippen LogP contribution in [0, 0.1) is 6.92 Å². The summed E-state index contributed by atoms with van der Waals surface area (Å²) in [6, 6.07) is 17.0. The normalized spacial score (nSPS) is 14.2. The predicted octanol–water partition coefficient (Wildman–Crippen LogP) is 6.25. The van der Waals surface area contributed by atoms with Crippen LogP contribution in [0.2, 0.25) is 10.0 Å². The van der Waals surface area contributed by atoms with Crippen molar-refractivity contribution in [2.75, 3.05) is 10.8 Å². The molecule has 4 rings (SSSR count). The summed E-state index contributed by atoms with van der Waals surface area (Å²) in [5, 5.41) is 3.51. The molecule has 0 heterocycles. The van der Waals surface area contributed by atoms with Crippen molar-refractivity contribution in [2.45, 2.75) is 50.5 Å². The number of halogens is 2. The molecule has 0 fully saturated rings. The Hall–Kier alpha value is -2.54. The first kappa shape index (κ1) is 25.5. The number of nitrogens with one attached hydrogen (secondary N) is 1. The van der Waals surface area contributed by atoms with Crippen molar-refractivity contribution in [2.24, 2.45) is 0 Å². The van der Waals surface area contributed by atoms with Gasteiger partial charge in [0.2, 0.25) is 5.91 Å². The minimum atomic E-state index is -4.06. The molecule has 0 saturated carbocycles. The molecule has 1 aliphatic rings. The maximum atomic E-state index is 13.6. The number of amides is 1. The van der Waals surface area contributed by atoms with E-state index >= 15 is 0 Å². The fourth-order valence-corrected chi connectivity index (χ4v) is 6.28. The van der Waals surface area contributed by atoms with E-state index in [4.69, 9.17) is 23.2 Å². The van der Waals surface area contributed by atoms with Gasteiger partial charge in [0.1, 0.15) is 6.54 Å². The highest BCUT2D eigenvalue weighted by Crippen LogP contribution is 2.30. The quantitative estimate of drug-likeness (QED) is 0.392. The fourth-order valence-electron chi connectivity index (χ4n) is 4.36. The molecule has 0 spiro atoms. The molecule has 3 aromatic carbocycles. The number of sulfonamides is 1. The maximum Gasteiger partial charge on any atom is 0.264 e. The highest BCUT2D eigenvalue weighted by atomic mass is 35.5. The van der Waals surface area contributed by atoms with Crippen LogP contribution >= 0.6 is 23.2 Å². The maximum absolute atomic E-state index is 13.6. The zero-order valence-corrected chi connectivity index (χ0v) is 22.1. The highest BCUT2D eigenvalue weighted by Gasteiger charge is 2.28. The van der Waals surface area contributed by atoms with Gasteiger partial charge in [-0.1, -0.05) is 59.1 Å². The molecule has 0 aliphatic heterocycles. The van der Waals surface area contributed by atoms with E-state index in [9.17, 15) is 13.2 Å². The number of nitrogens with zero attached hydrogens (tertiary/aromatic N) is 1. The van der Waals surface area contributed by atoms with Gasteiger partial charge >= 0.3 is 0 Å². The summed E-state index contributed by atoms with van der Waals surface area (Å²) in [6.07, 6.45) is 4.51. The van der Waals surface area contributed by atoms with Gasteiger partial charge in [0.15, 0.2) is 0 Å². The van der Waals surface area contributed by atoms with E-state index in [-0.39, 0.29) is 26.7 Å². The Morgan fingerprint density at radius 2 is 1.57 bits per heavy atom. The zero-order valence-electron chi connectivity index (χ0n) is 19.7. The molecule has 1 N–H and O–H groups in total. The summed E-state index contributed by atoms with van der Waals surface area (Å²) in [5.41, 5.74) is 4.84. The molecule has 0 radical (unpaired) electrons. The van der Waals surface area contributed by atoms with Gasteiger partial charge in [0.25, 0.3) is 10.0 Å². The minimum Gasteiger partial charge on any atom is -0.348 e. The van der Waals surface area contributed by atoms with Crippen LogP contribution in [0.3, 0.4) is 0 Å². The van der Waals surface area contributed by atoms with Crippen LogP contribution in [0.1, 0.15) is 48.1 Å². The van der Waals surface area contributed by atoms with E-state index in [1.807, 2.05) is 19.9 Å². The number of rotatable bonds is 7. The summed E-state index contributed by atoms with van der Waals surface area (Å²) in [7, 11) is -4.06. The number of hydrogen-bond acceptors (Lipinski definition) is 3. The molecule has 1 amide bonds. The first-order valence-electron chi connectivity index (χ1n) is 11.6. The largest absolute Gasteiger partial charge is 0.348 e. The van der Waals surface area contributed by atoms with Gasteiger partial charge in [-0.2, -0.15) is 0 Å². The van der Waals surface area contributed by atoms with Gasteiger partial charge in [-0.05, 0) is 86.6 Å². The molecule has 0 aromatic heterocycles. The molecule has 0 saturated heterocycles.